The van der Waals surface area contributed by atoms with Crippen molar-refractivity contribution in [3.63, 3.8) is 0 Å². The molecule has 0 aliphatic heterocycles. The summed E-state index contributed by atoms with van der Waals surface area (Å²) in [4.78, 5) is 10.1. The molecule has 17 heavy (non-hydrogen) atoms. The highest BCUT2D eigenvalue weighted by atomic mass is 16.6. The Morgan fingerprint density at radius 1 is 1.53 bits per heavy atom. The highest BCUT2D eigenvalue weighted by Gasteiger charge is 2.27. The molecule has 1 aromatic carbocycles. The zero-order chi connectivity index (χ0) is 13.0. The molecule has 0 amide bonds. The lowest BCUT2D eigenvalue weighted by Gasteiger charge is -2.16. The molecule has 0 fully saturated rings. The zero-order valence-electron chi connectivity index (χ0n) is 8.78. The van der Waals surface area contributed by atoms with Crippen molar-refractivity contribution < 1.29 is 15.1 Å². The number of para-hydroxylation sites is 1. The van der Waals surface area contributed by atoms with Crippen LogP contribution in [-0.2, 0) is 0 Å². The largest absolute Gasteiger partial charge is 0.393 e. The fraction of sp³-hybridized carbons (Fsp3) is 0.300. The van der Waals surface area contributed by atoms with Gasteiger partial charge in [-0.05, 0) is 12.1 Å². The van der Waals surface area contributed by atoms with Crippen LogP contribution in [-0.4, -0.2) is 21.2 Å². The first-order chi connectivity index (χ1) is 7.99. The molecule has 4 N–H and O–H groups in total. The molecule has 1 aromatic rings. The van der Waals surface area contributed by atoms with E-state index in [1.807, 2.05) is 0 Å². The third kappa shape index (κ3) is 2.69. The average molecular weight is 237 g/mol. The second-order valence-electron chi connectivity index (χ2n) is 3.42. The summed E-state index contributed by atoms with van der Waals surface area (Å²) in [5.41, 5.74) is 4.79. The lowest BCUT2D eigenvalue weighted by molar-refractivity contribution is -0.385. The molecule has 7 heteroatoms. The van der Waals surface area contributed by atoms with Crippen LogP contribution < -0.4 is 5.73 Å². The van der Waals surface area contributed by atoms with Gasteiger partial charge in [0.1, 0.15) is 11.8 Å². The Kier molecular flexibility index (Phi) is 3.98. The summed E-state index contributed by atoms with van der Waals surface area (Å²) in [6.07, 6.45) is -3.23. The van der Waals surface area contributed by atoms with E-state index in [-0.39, 0.29) is 17.7 Å². The van der Waals surface area contributed by atoms with Crippen molar-refractivity contribution in [1.29, 1.82) is 5.26 Å². The van der Waals surface area contributed by atoms with Crippen LogP contribution >= 0.6 is 0 Å². The number of nitro groups is 1. The molecule has 0 saturated heterocycles. The van der Waals surface area contributed by atoms with Crippen LogP contribution in [0.4, 0.5) is 11.4 Å². The van der Waals surface area contributed by atoms with E-state index in [0.717, 1.165) is 0 Å². The summed E-state index contributed by atoms with van der Waals surface area (Å²) < 4.78 is 0. The molecular weight excluding hydrogens is 226 g/mol. The van der Waals surface area contributed by atoms with Crippen molar-refractivity contribution in [3.05, 3.63) is 33.9 Å². The standard InChI is InChI=1S/C10H11N3O4/c11-5-4-8(14)10(15)6-2-1-3-7(12)9(6)13(16)17/h1-3,8,10,14-15H,4,12H2. The van der Waals surface area contributed by atoms with E-state index in [1.54, 1.807) is 6.07 Å². The number of rotatable bonds is 4. The lowest BCUT2D eigenvalue weighted by atomic mass is 10.00. The number of anilines is 1. The predicted octanol–water partition coefficient (Wildman–Crippen LogP) is 0.485. The van der Waals surface area contributed by atoms with E-state index in [1.165, 1.54) is 18.2 Å². The third-order valence-electron chi connectivity index (χ3n) is 2.26. The van der Waals surface area contributed by atoms with Gasteiger partial charge in [-0.25, -0.2) is 0 Å². The number of nitriles is 1. The van der Waals surface area contributed by atoms with Gasteiger partial charge in [-0.3, -0.25) is 10.1 Å². The summed E-state index contributed by atoms with van der Waals surface area (Å²) in [5, 5.41) is 38.3. The Balaban J connectivity index is 3.18. The highest BCUT2D eigenvalue weighted by molar-refractivity contribution is 5.63. The molecule has 0 aliphatic carbocycles. The number of aliphatic hydroxyl groups excluding tert-OH is 2. The van der Waals surface area contributed by atoms with Crippen LogP contribution in [0.5, 0.6) is 0 Å². The Bertz CT molecular complexity index is 469. The summed E-state index contributed by atoms with van der Waals surface area (Å²) in [6, 6.07) is 5.72. The fourth-order valence-corrected chi connectivity index (χ4v) is 1.44. The van der Waals surface area contributed by atoms with E-state index in [4.69, 9.17) is 11.0 Å². The Morgan fingerprint density at radius 2 is 2.18 bits per heavy atom. The minimum Gasteiger partial charge on any atom is -0.393 e. The Morgan fingerprint density at radius 3 is 2.71 bits per heavy atom. The SMILES string of the molecule is N#CCC(O)C(O)c1cccc(N)c1[N+](=O)[O-]. The number of benzene rings is 1. The van der Waals surface area contributed by atoms with Crippen molar-refractivity contribution in [2.45, 2.75) is 18.6 Å². The Labute approximate surface area is 96.9 Å². The maximum Gasteiger partial charge on any atom is 0.297 e. The molecule has 1 rings (SSSR count). The monoisotopic (exact) mass is 237 g/mol. The number of hydrogen-bond donors (Lipinski definition) is 3. The van der Waals surface area contributed by atoms with Crippen molar-refractivity contribution >= 4 is 11.4 Å². The van der Waals surface area contributed by atoms with E-state index in [2.05, 4.69) is 0 Å². The third-order valence-corrected chi connectivity index (χ3v) is 2.26. The zero-order valence-corrected chi connectivity index (χ0v) is 8.78. The molecule has 0 saturated carbocycles. The van der Waals surface area contributed by atoms with Gasteiger partial charge in [0.2, 0.25) is 0 Å². The van der Waals surface area contributed by atoms with E-state index in [9.17, 15) is 20.3 Å². The molecule has 0 spiro atoms. The van der Waals surface area contributed by atoms with Gasteiger partial charge >= 0.3 is 0 Å². The molecule has 2 unspecified atom stereocenters. The normalized spacial score (nSPS) is 13.7. The van der Waals surface area contributed by atoms with Gasteiger partial charge in [0.05, 0.1) is 29.1 Å². The number of aliphatic hydroxyl groups is 2. The van der Waals surface area contributed by atoms with Crippen LogP contribution in [0.3, 0.4) is 0 Å². The first kappa shape index (κ1) is 12.9. The maximum atomic E-state index is 10.8. The van der Waals surface area contributed by atoms with E-state index >= 15 is 0 Å². The number of nitrogens with zero attached hydrogens (tertiary/aromatic N) is 2. The van der Waals surface area contributed by atoms with Crippen molar-refractivity contribution in [2.24, 2.45) is 0 Å². The van der Waals surface area contributed by atoms with Gasteiger partial charge < -0.3 is 15.9 Å². The molecule has 0 radical (unpaired) electrons. The number of hydrogen-bond acceptors (Lipinski definition) is 6. The second kappa shape index (κ2) is 5.25. The summed E-state index contributed by atoms with van der Waals surface area (Å²) in [7, 11) is 0. The van der Waals surface area contributed by atoms with Crippen molar-refractivity contribution in [1.82, 2.24) is 0 Å². The van der Waals surface area contributed by atoms with Crippen LogP contribution in [0.15, 0.2) is 18.2 Å². The van der Waals surface area contributed by atoms with E-state index in [0.29, 0.717) is 0 Å². The van der Waals surface area contributed by atoms with Crippen LogP contribution in [0.1, 0.15) is 18.1 Å². The molecular formula is C10H11N3O4. The van der Waals surface area contributed by atoms with Crippen molar-refractivity contribution in [3.8, 4) is 6.07 Å². The summed E-state index contributed by atoms with van der Waals surface area (Å²) >= 11 is 0. The molecule has 2 atom stereocenters. The van der Waals surface area contributed by atoms with Gasteiger partial charge in [0, 0.05) is 0 Å². The van der Waals surface area contributed by atoms with Crippen LogP contribution in [0.25, 0.3) is 0 Å². The maximum absolute atomic E-state index is 10.8. The quantitative estimate of drug-likeness (QED) is 0.396. The number of nitro benzene ring substituents is 1. The minimum absolute atomic E-state index is 0.0993. The highest BCUT2D eigenvalue weighted by Crippen LogP contribution is 2.32. The van der Waals surface area contributed by atoms with Gasteiger partial charge in [0.25, 0.3) is 5.69 Å². The smallest absolute Gasteiger partial charge is 0.297 e. The number of nitrogen functional groups attached to an aromatic ring is 1. The summed E-state index contributed by atoms with van der Waals surface area (Å²) in [5.74, 6) is 0. The predicted molar refractivity (Wildman–Crippen MR) is 58.7 cm³/mol. The second-order valence-corrected chi connectivity index (χ2v) is 3.42. The van der Waals surface area contributed by atoms with Crippen LogP contribution in [0.2, 0.25) is 0 Å². The van der Waals surface area contributed by atoms with Gasteiger partial charge in [0.15, 0.2) is 0 Å². The molecule has 0 aliphatic rings. The van der Waals surface area contributed by atoms with Gasteiger partial charge in [-0.15, -0.1) is 0 Å². The van der Waals surface area contributed by atoms with Gasteiger partial charge in [-0.2, -0.15) is 5.26 Å². The molecule has 0 aromatic heterocycles. The molecule has 0 heterocycles. The summed E-state index contributed by atoms with van der Waals surface area (Å²) in [6.45, 7) is 0. The Hall–Kier alpha value is -2.17. The minimum atomic E-state index is -1.52. The van der Waals surface area contributed by atoms with E-state index < -0.39 is 22.8 Å². The number of nitrogens with two attached hydrogens (primary N) is 1. The fourth-order valence-electron chi connectivity index (χ4n) is 1.44. The van der Waals surface area contributed by atoms with Gasteiger partial charge in [-0.1, -0.05) is 6.07 Å². The first-order valence-corrected chi connectivity index (χ1v) is 4.75. The lowest BCUT2D eigenvalue weighted by Crippen LogP contribution is -2.19. The molecule has 0 bridgehead atoms. The molecule has 90 valence electrons. The first-order valence-electron chi connectivity index (χ1n) is 4.75. The average Bonchev–Trinajstić information content (AvgIpc) is 2.27. The van der Waals surface area contributed by atoms with Crippen LogP contribution in [0, 0.1) is 21.4 Å². The molecule has 7 nitrogen and oxygen atoms in total. The van der Waals surface area contributed by atoms with Crippen molar-refractivity contribution in [2.75, 3.05) is 5.73 Å². The topological polar surface area (TPSA) is 133 Å².